The number of fused-ring (bicyclic) bond motifs is 1. The van der Waals surface area contributed by atoms with Crippen molar-refractivity contribution >= 4 is 38.9 Å². The topological polar surface area (TPSA) is 57.7 Å². The summed E-state index contributed by atoms with van der Waals surface area (Å²) in [5.41, 5.74) is 1.19. The molecule has 26 heavy (non-hydrogen) atoms. The van der Waals surface area contributed by atoms with E-state index in [-0.39, 0.29) is 23.4 Å². The van der Waals surface area contributed by atoms with Gasteiger partial charge in [0.1, 0.15) is 0 Å². The fourth-order valence-corrected chi connectivity index (χ4v) is 5.46. The summed E-state index contributed by atoms with van der Waals surface area (Å²) in [4.78, 5) is 16.1. The molecule has 2 aromatic rings. The first-order valence-electron chi connectivity index (χ1n) is 8.42. The molecule has 1 aliphatic rings. The van der Waals surface area contributed by atoms with Crippen LogP contribution in [0, 0.1) is 0 Å². The van der Waals surface area contributed by atoms with Gasteiger partial charge >= 0.3 is 0 Å². The number of carbonyl (C=O) groups is 1. The van der Waals surface area contributed by atoms with Gasteiger partial charge in [-0.25, -0.2) is 8.42 Å². The van der Waals surface area contributed by atoms with Crippen LogP contribution in [0.5, 0.6) is 0 Å². The fourth-order valence-electron chi connectivity index (χ4n) is 3.29. The summed E-state index contributed by atoms with van der Waals surface area (Å²) in [5.74, 6) is -0.172. The molecule has 1 aliphatic heterocycles. The fraction of sp³-hybridized carbons (Fsp3) is 0.389. The molecule has 0 aliphatic carbocycles. The number of thiophene rings is 1. The van der Waals surface area contributed by atoms with Crippen molar-refractivity contribution in [3.63, 3.8) is 0 Å². The molecule has 1 aromatic carbocycles. The van der Waals surface area contributed by atoms with E-state index in [1.807, 2.05) is 11.8 Å². The van der Waals surface area contributed by atoms with Crippen LogP contribution in [0.1, 0.15) is 29.8 Å². The molecule has 0 saturated carbocycles. The predicted molar refractivity (Wildman–Crippen MR) is 104 cm³/mol. The summed E-state index contributed by atoms with van der Waals surface area (Å²) in [6.45, 7) is 2.49. The molecule has 0 saturated heterocycles. The average Bonchev–Trinajstić information content (AvgIpc) is 3.09. The third-order valence-corrected chi connectivity index (χ3v) is 7.75. The molecule has 2 heterocycles. The molecule has 5 nitrogen and oxygen atoms in total. The highest BCUT2D eigenvalue weighted by Gasteiger charge is 2.32. The Hall–Kier alpha value is -1.41. The van der Waals surface area contributed by atoms with Crippen LogP contribution in [0.15, 0.2) is 40.6 Å². The van der Waals surface area contributed by atoms with E-state index in [2.05, 4.69) is 11.4 Å². The molecule has 0 radical (unpaired) electrons. The molecule has 0 N–H and O–H groups in total. The van der Waals surface area contributed by atoms with Gasteiger partial charge in [0.05, 0.1) is 17.5 Å². The SMILES string of the molecule is CCC1c2ccsc2CCN1C(=O)CN(C)S(=O)(=O)c1ccc(Cl)cc1. The van der Waals surface area contributed by atoms with E-state index >= 15 is 0 Å². The quantitative estimate of drug-likeness (QED) is 0.754. The van der Waals surface area contributed by atoms with Gasteiger partial charge in [0, 0.05) is 23.5 Å². The number of likely N-dealkylation sites (N-methyl/N-ethyl adjacent to an activating group) is 1. The Kier molecular flexibility index (Phi) is 5.72. The monoisotopic (exact) mass is 412 g/mol. The van der Waals surface area contributed by atoms with Crippen LogP contribution in [0.2, 0.25) is 5.02 Å². The van der Waals surface area contributed by atoms with Gasteiger partial charge < -0.3 is 4.90 Å². The Bertz CT molecular complexity index is 893. The summed E-state index contributed by atoms with van der Waals surface area (Å²) >= 11 is 7.54. The molecule has 1 atom stereocenters. The summed E-state index contributed by atoms with van der Waals surface area (Å²) < 4.78 is 26.5. The maximum Gasteiger partial charge on any atom is 0.243 e. The second-order valence-electron chi connectivity index (χ2n) is 6.28. The Morgan fingerprint density at radius 2 is 2.00 bits per heavy atom. The highest BCUT2D eigenvalue weighted by Crippen LogP contribution is 2.35. The lowest BCUT2D eigenvalue weighted by molar-refractivity contribution is -0.134. The lowest BCUT2D eigenvalue weighted by atomic mass is 9.98. The number of hydrogen-bond acceptors (Lipinski definition) is 4. The lowest BCUT2D eigenvalue weighted by Crippen LogP contribution is -2.45. The van der Waals surface area contributed by atoms with Gasteiger partial charge in [0.25, 0.3) is 0 Å². The average molecular weight is 413 g/mol. The van der Waals surface area contributed by atoms with E-state index in [1.165, 1.54) is 41.8 Å². The van der Waals surface area contributed by atoms with Crippen LogP contribution in [-0.2, 0) is 21.2 Å². The summed E-state index contributed by atoms with van der Waals surface area (Å²) in [6.07, 6.45) is 1.63. The zero-order valence-corrected chi connectivity index (χ0v) is 17.1. The number of sulfonamides is 1. The second kappa shape index (κ2) is 7.68. The maximum absolute atomic E-state index is 12.8. The molecule has 3 rings (SSSR count). The van der Waals surface area contributed by atoms with Crippen molar-refractivity contribution in [3.8, 4) is 0 Å². The number of benzene rings is 1. The van der Waals surface area contributed by atoms with Crippen molar-refractivity contribution in [3.05, 3.63) is 51.2 Å². The molecule has 1 amide bonds. The van der Waals surface area contributed by atoms with Gasteiger partial charge in [-0.2, -0.15) is 4.31 Å². The van der Waals surface area contributed by atoms with Crippen LogP contribution in [0.4, 0.5) is 0 Å². The summed E-state index contributed by atoms with van der Waals surface area (Å²) in [7, 11) is -2.30. The number of rotatable bonds is 5. The van der Waals surface area contributed by atoms with Crippen LogP contribution in [-0.4, -0.2) is 43.7 Å². The molecule has 1 aromatic heterocycles. The maximum atomic E-state index is 12.8. The van der Waals surface area contributed by atoms with Gasteiger partial charge in [-0.15, -0.1) is 11.3 Å². The predicted octanol–water partition coefficient (Wildman–Crippen LogP) is 3.56. The molecule has 0 fully saturated rings. The number of carbonyl (C=O) groups excluding carboxylic acids is 1. The molecular formula is C18H21ClN2O3S2. The molecule has 0 spiro atoms. The van der Waals surface area contributed by atoms with Crippen molar-refractivity contribution in [2.45, 2.75) is 30.7 Å². The molecular weight excluding hydrogens is 392 g/mol. The van der Waals surface area contributed by atoms with Gasteiger partial charge in [-0.05, 0) is 54.1 Å². The second-order valence-corrected chi connectivity index (χ2v) is 9.76. The van der Waals surface area contributed by atoms with Gasteiger partial charge in [-0.3, -0.25) is 4.79 Å². The smallest absolute Gasteiger partial charge is 0.243 e. The number of hydrogen-bond donors (Lipinski definition) is 0. The Morgan fingerprint density at radius 1 is 1.31 bits per heavy atom. The van der Waals surface area contributed by atoms with Gasteiger partial charge in [0.15, 0.2) is 0 Å². The highest BCUT2D eigenvalue weighted by molar-refractivity contribution is 7.89. The molecule has 8 heteroatoms. The third kappa shape index (κ3) is 3.67. The van der Waals surface area contributed by atoms with Crippen LogP contribution >= 0.6 is 22.9 Å². The Balaban J connectivity index is 1.76. The van der Waals surface area contributed by atoms with E-state index in [9.17, 15) is 13.2 Å². The number of halogens is 1. The van der Waals surface area contributed by atoms with Crippen molar-refractivity contribution in [2.24, 2.45) is 0 Å². The summed E-state index contributed by atoms with van der Waals surface area (Å²) in [6, 6.07) is 8.05. The van der Waals surface area contributed by atoms with E-state index in [4.69, 9.17) is 11.6 Å². The Morgan fingerprint density at radius 3 is 2.65 bits per heavy atom. The standard InChI is InChI=1S/C18H21ClN2O3S2/c1-3-16-15-9-11-25-17(15)8-10-21(16)18(22)12-20(2)26(23,24)14-6-4-13(19)5-7-14/h4-7,9,11,16H,3,8,10,12H2,1-2H3. The number of nitrogens with zero attached hydrogens (tertiary/aromatic N) is 2. The molecule has 1 unspecified atom stereocenters. The van der Waals surface area contributed by atoms with E-state index in [1.54, 1.807) is 11.3 Å². The third-order valence-electron chi connectivity index (χ3n) is 4.68. The largest absolute Gasteiger partial charge is 0.334 e. The minimum atomic E-state index is -3.73. The normalized spacial score (nSPS) is 17.4. The van der Waals surface area contributed by atoms with Crippen LogP contribution in [0.3, 0.4) is 0 Å². The van der Waals surface area contributed by atoms with Crippen LogP contribution < -0.4 is 0 Å². The zero-order valence-electron chi connectivity index (χ0n) is 14.7. The molecule has 0 bridgehead atoms. The summed E-state index contributed by atoms with van der Waals surface area (Å²) in [5, 5.41) is 2.52. The highest BCUT2D eigenvalue weighted by atomic mass is 35.5. The van der Waals surface area contributed by atoms with Crippen molar-refractivity contribution in [2.75, 3.05) is 20.1 Å². The minimum absolute atomic E-state index is 0.0177. The minimum Gasteiger partial charge on any atom is -0.334 e. The first kappa shape index (κ1) is 19.4. The van der Waals surface area contributed by atoms with Crippen molar-refractivity contribution in [1.82, 2.24) is 9.21 Å². The first-order valence-corrected chi connectivity index (χ1v) is 11.1. The lowest BCUT2D eigenvalue weighted by Gasteiger charge is -2.36. The first-order chi connectivity index (χ1) is 12.3. The van der Waals surface area contributed by atoms with E-state index in [0.29, 0.717) is 11.6 Å². The van der Waals surface area contributed by atoms with Crippen LogP contribution in [0.25, 0.3) is 0 Å². The van der Waals surface area contributed by atoms with Crippen molar-refractivity contribution < 1.29 is 13.2 Å². The van der Waals surface area contributed by atoms with E-state index in [0.717, 1.165) is 17.1 Å². The van der Waals surface area contributed by atoms with Gasteiger partial charge in [0.2, 0.25) is 15.9 Å². The molecule has 140 valence electrons. The Labute approximate surface area is 163 Å². The number of amides is 1. The van der Waals surface area contributed by atoms with E-state index < -0.39 is 10.0 Å². The van der Waals surface area contributed by atoms with Crippen molar-refractivity contribution in [1.29, 1.82) is 0 Å². The van der Waals surface area contributed by atoms with Gasteiger partial charge in [-0.1, -0.05) is 18.5 Å². The zero-order chi connectivity index (χ0) is 18.9.